The second-order valence-corrected chi connectivity index (χ2v) is 5.71. The van der Waals surface area contributed by atoms with E-state index in [0.29, 0.717) is 6.54 Å². The number of nitrogens with one attached hydrogen (secondary N) is 1. The van der Waals surface area contributed by atoms with Crippen LogP contribution < -0.4 is 5.73 Å². The van der Waals surface area contributed by atoms with Crippen molar-refractivity contribution in [2.75, 3.05) is 6.54 Å². The molecule has 0 saturated carbocycles. The molecule has 1 aromatic heterocycles. The van der Waals surface area contributed by atoms with Crippen LogP contribution in [0.1, 0.15) is 28.3 Å². The number of nitrogens with zero attached hydrogens (tertiary/aromatic N) is 1. The van der Waals surface area contributed by atoms with E-state index in [2.05, 4.69) is 60.4 Å². The zero-order valence-corrected chi connectivity index (χ0v) is 13.0. The molecule has 0 radical (unpaired) electrons. The van der Waals surface area contributed by atoms with E-state index < -0.39 is 0 Å². The maximum absolute atomic E-state index is 6.03. The Balaban J connectivity index is 1.94. The van der Waals surface area contributed by atoms with Gasteiger partial charge in [-0.25, -0.2) is 0 Å². The minimum absolute atomic E-state index is 0.143. The van der Waals surface area contributed by atoms with Gasteiger partial charge in [0.05, 0.1) is 5.69 Å². The van der Waals surface area contributed by atoms with Crippen molar-refractivity contribution in [3.63, 3.8) is 0 Å². The van der Waals surface area contributed by atoms with Gasteiger partial charge < -0.3 is 5.73 Å². The van der Waals surface area contributed by atoms with Crippen LogP contribution in [0.4, 0.5) is 0 Å². The molecule has 1 unspecified atom stereocenters. The van der Waals surface area contributed by atoms with Crippen molar-refractivity contribution in [3.05, 3.63) is 77.0 Å². The fraction of sp³-hybridized carbons (Fsp3) is 0.211. The van der Waals surface area contributed by atoms with Gasteiger partial charge in [-0.3, -0.25) is 5.10 Å². The van der Waals surface area contributed by atoms with Gasteiger partial charge in [0.2, 0.25) is 0 Å². The Morgan fingerprint density at radius 3 is 2.45 bits per heavy atom. The van der Waals surface area contributed by atoms with Crippen LogP contribution in [0.3, 0.4) is 0 Å². The standard InChI is InChI=1S/C19H21N3/c1-13-8-9-16(10-14(13)2)17(12-20)19-11-18(21-22-19)15-6-4-3-5-7-15/h3-11,17H,12,20H2,1-2H3,(H,21,22). The fourth-order valence-electron chi connectivity index (χ4n) is 2.70. The highest BCUT2D eigenvalue weighted by molar-refractivity contribution is 5.59. The molecule has 1 heterocycles. The first-order valence-electron chi connectivity index (χ1n) is 7.57. The summed E-state index contributed by atoms with van der Waals surface area (Å²) in [5.41, 5.74) is 13.0. The van der Waals surface area contributed by atoms with Gasteiger partial charge in [0.15, 0.2) is 0 Å². The first kappa shape index (κ1) is 14.5. The lowest BCUT2D eigenvalue weighted by atomic mass is 9.92. The van der Waals surface area contributed by atoms with Crippen molar-refractivity contribution in [2.45, 2.75) is 19.8 Å². The molecule has 1 atom stereocenters. The van der Waals surface area contributed by atoms with Crippen molar-refractivity contribution in [1.29, 1.82) is 0 Å². The molecule has 0 aliphatic carbocycles. The van der Waals surface area contributed by atoms with E-state index in [-0.39, 0.29) is 5.92 Å². The van der Waals surface area contributed by atoms with Gasteiger partial charge in [-0.1, -0.05) is 48.5 Å². The summed E-state index contributed by atoms with van der Waals surface area (Å²) in [6, 6.07) is 18.8. The van der Waals surface area contributed by atoms with Gasteiger partial charge >= 0.3 is 0 Å². The van der Waals surface area contributed by atoms with Crippen LogP contribution in [-0.4, -0.2) is 16.7 Å². The molecule has 0 amide bonds. The molecule has 3 aromatic rings. The van der Waals surface area contributed by atoms with Crippen LogP contribution in [0.15, 0.2) is 54.6 Å². The van der Waals surface area contributed by atoms with Gasteiger partial charge in [-0.15, -0.1) is 0 Å². The Labute approximate surface area is 131 Å². The number of rotatable bonds is 4. The fourth-order valence-corrected chi connectivity index (χ4v) is 2.70. The Bertz CT molecular complexity index is 759. The topological polar surface area (TPSA) is 54.7 Å². The smallest absolute Gasteiger partial charge is 0.0923 e. The highest BCUT2D eigenvalue weighted by atomic mass is 15.1. The van der Waals surface area contributed by atoms with Gasteiger partial charge in [0.1, 0.15) is 0 Å². The Morgan fingerprint density at radius 1 is 1.00 bits per heavy atom. The third-order valence-corrected chi connectivity index (χ3v) is 4.21. The molecule has 0 fully saturated rings. The van der Waals surface area contributed by atoms with Crippen LogP contribution in [-0.2, 0) is 0 Å². The second kappa shape index (κ2) is 6.16. The molecule has 112 valence electrons. The summed E-state index contributed by atoms with van der Waals surface area (Å²) in [5, 5.41) is 7.60. The minimum Gasteiger partial charge on any atom is -0.329 e. The maximum atomic E-state index is 6.03. The van der Waals surface area contributed by atoms with E-state index in [0.717, 1.165) is 17.0 Å². The summed E-state index contributed by atoms with van der Waals surface area (Å²) < 4.78 is 0. The molecule has 3 rings (SSSR count). The van der Waals surface area contributed by atoms with Crippen LogP contribution in [0.2, 0.25) is 0 Å². The number of aryl methyl sites for hydroxylation is 2. The number of aromatic nitrogens is 2. The van der Waals surface area contributed by atoms with Crippen LogP contribution in [0.5, 0.6) is 0 Å². The minimum atomic E-state index is 0.143. The van der Waals surface area contributed by atoms with Crippen molar-refractivity contribution in [3.8, 4) is 11.3 Å². The van der Waals surface area contributed by atoms with E-state index >= 15 is 0 Å². The average Bonchev–Trinajstić information content (AvgIpc) is 3.02. The van der Waals surface area contributed by atoms with Crippen LogP contribution in [0.25, 0.3) is 11.3 Å². The van der Waals surface area contributed by atoms with Crippen molar-refractivity contribution in [2.24, 2.45) is 5.73 Å². The molecular weight excluding hydrogens is 270 g/mol. The molecular formula is C19H21N3. The van der Waals surface area contributed by atoms with Gasteiger partial charge in [0, 0.05) is 23.7 Å². The molecule has 3 nitrogen and oxygen atoms in total. The second-order valence-electron chi connectivity index (χ2n) is 5.71. The molecule has 2 aromatic carbocycles. The van der Waals surface area contributed by atoms with E-state index in [4.69, 9.17) is 5.73 Å². The lowest BCUT2D eigenvalue weighted by Crippen LogP contribution is -2.14. The first-order valence-corrected chi connectivity index (χ1v) is 7.57. The Hall–Kier alpha value is -2.39. The summed E-state index contributed by atoms with van der Waals surface area (Å²) in [5.74, 6) is 0.143. The van der Waals surface area contributed by atoms with Gasteiger partial charge in [-0.2, -0.15) is 5.10 Å². The van der Waals surface area contributed by atoms with Crippen molar-refractivity contribution in [1.82, 2.24) is 10.2 Å². The number of H-pyrrole nitrogens is 1. The number of aromatic amines is 1. The SMILES string of the molecule is Cc1ccc(C(CN)c2cc(-c3ccccc3)n[nH]2)cc1C. The van der Waals surface area contributed by atoms with E-state index in [1.54, 1.807) is 0 Å². The van der Waals surface area contributed by atoms with Gasteiger partial charge in [0.25, 0.3) is 0 Å². The maximum Gasteiger partial charge on any atom is 0.0923 e. The molecule has 3 N–H and O–H groups in total. The summed E-state index contributed by atoms with van der Waals surface area (Å²) >= 11 is 0. The number of hydrogen-bond acceptors (Lipinski definition) is 2. The highest BCUT2D eigenvalue weighted by Gasteiger charge is 2.16. The number of hydrogen-bond donors (Lipinski definition) is 2. The number of benzene rings is 2. The monoisotopic (exact) mass is 291 g/mol. The lowest BCUT2D eigenvalue weighted by molar-refractivity contribution is 0.778. The average molecular weight is 291 g/mol. The molecule has 3 heteroatoms. The third-order valence-electron chi connectivity index (χ3n) is 4.21. The molecule has 0 aliphatic heterocycles. The summed E-state index contributed by atoms with van der Waals surface area (Å²) in [6.45, 7) is 4.81. The highest BCUT2D eigenvalue weighted by Crippen LogP contribution is 2.27. The summed E-state index contributed by atoms with van der Waals surface area (Å²) in [6.07, 6.45) is 0. The zero-order chi connectivity index (χ0) is 15.5. The molecule has 22 heavy (non-hydrogen) atoms. The number of nitrogens with two attached hydrogens (primary N) is 1. The predicted molar refractivity (Wildman–Crippen MR) is 90.8 cm³/mol. The summed E-state index contributed by atoms with van der Waals surface area (Å²) in [4.78, 5) is 0. The first-order chi connectivity index (χ1) is 10.7. The Morgan fingerprint density at radius 2 is 1.77 bits per heavy atom. The lowest BCUT2D eigenvalue weighted by Gasteiger charge is -2.14. The van der Waals surface area contributed by atoms with Gasteiger partial charge in [-0.05, 0) is 36.6 Å². The van der Waals surface area contributed by atoms with Crippen molar-refractivity contribution < 1.29 is 0 Å². The van der Waals surface area contributed by atoms with E-state index in [9.17, 15) is 0 Å². The van der Waals surface area contributed by atoms with Crippen LogP contribution >= 0.6 is 0 Å². The summed E-state index contributed by atoms with van der Waals surface area (Å²) in [7, 11) is 0. The molecule has 0 spiro atoms. The van der Waals surface area contributed by atoms with Crippen LogP contribution in [0, 0.1) is 13.8 Å². The largest absolute Gasteiger partial charge is 0.329 e. The zero-order valence-electron chi connectivity index (χ0n) is 13.0. The third kappa shape index (κ3) is 2.81. The quantitative estimate of drug-likeness (QED) is 0.768. The normalized spacial score (nSPS) is 12.3. The molecule has 0 aliphatic rings. The van der Waals surface area contributed by atoms with E-state index in [1.807, 2.05) is 18.2 Å². The Kier molecular flexibility index (Phi) is 4.07. The van der Waals surface area contributed by atoms with Crippen molar-refractivity contribution >= 4 is 0 Å². The molecule has 0 saturated heterocycles. The van der Waals surface area contributed by atoms with E-state index in [1.165, 1.54) is 16.7 Å². The molecule has 0 bridgehead atoms. The predicted octanol–water partition coefficient (Wildman–Crippen LogP) is 3.78.